The maximum atomic E-state index is 11.4. The summed E-state index contributed by atoms with van der Waals surface area (Å²) < 4.78 is 5.37. The summed E-state index contributed by atoms with van der Waals surface area (Å²) in [5.74, 6) is 0.979. The van der Waals surface area contributed by atoms with Gasteiger partial charge in [0.25, 0.3) is 0 Å². The van der Waals surface area contributed by atoms with E-state index in [-0.39, 0.29) is 5.91 Å². The highest BCUT2D eigenvalue weighted by atomic mass is 16.5. The van der Waals surface area contributed by atoms with Crippen LogP contribution < -0.4 is 10.1 Å². The highest BCUT2D eigenvalue weighted by molar-refractivity contribution is 5.77. The number of hydrogen-bond donors (Lipinski definition) is 1. The highest BCUT2D eigenvalue weighted by Crippen LogP contribution is 2.27. The summed E-state index contributed by atoms with van der Waals surface area (Å²) in [7, 11) is 3.36. The highest BCUT2D eigenvalue weighted by Gasteiger charge is 2.20. The Labute approximate surface area is 102 Å². The first kappa shape index (κ1) is 11.9. The summed E-state index contributed by atoms with van der Waals surface area (Å²) in [6.07, 6.45) is 0.976. The second kappa shape index (κ2) is 5.19. The molecule has 1 N–H and O–H groups in total. The molecule has 92 valence electrons. The van der Waals surface area contributed by atoms with Gasteiger partial charge in [-0.1, -0.05) is 12.1 Å². The topological polar surface area (TPSA) is 41.6 Å². The number of fused-ring (bicyclic) bond motifs is 1. The van der Waals surface area contributed by atoms with E-state index < -0.39 is 0 Å². The summed E-state index contributed by atoms with van der Waals surface area (Å²) in [4.78, 5) is 13.5. The molecule has 0 bridgehead atoms. The number of likely N-dealkylation sites (N-methyl/N-ethyl adjacent to an activating group) is 1. The normalized spacial score (nSPS) is 15.2. The van der Waals surface area contributed by atoms with Gasteiger partial charge in [-0.15, -0.1) is 0 Å². The number of amides is 1. The summed E-state index contributed by atoms with van der Waals surface area (Å²) >= 11 is 0. The van der Waals surface area contributed by atoms with Gasteiger partial charge in [0.15, 0.2) is 0 Å². The molecule has 4 heteroatoms. The SMILES string of the molecule is CNC(=O)CN1CCc2cccc(OC)c2C1. The molecular weight excluding hydrogens is 216 g/mol. The maximum Gasteiger partial charge on any atom is 0.233 e. The number of ether oxygens (including phenoxy) is 1. The minimum absolute atomic E-state index is 0.0587. The van der Waals surface area contributed by atoms with Crippen molar-refractivity contribution in [3.8, 4) is 5.75 Å². The molecule has 0 saturated heterocycles. The molecule has 0 saturated carbocycles. The lowest BCUT2D eigenvalue weighted by Gasteiger charge is -2.29. The van der Waals surface area contributed by atoms with Crippen molar-refractivity contribution in [2.24, 2.45) is 0 Å². The summed E-state index contributed by atoms with van der Waals surface area (Å²) in [6.45, 7) is 2.16. The molecular formula is C13H18N2O2. The number of carbonyl (C=O) groups excluding carboxylic acids is 1. The van der Waals surface area contributed by atoms with E-state index in [1.807, 2.05) is 12.1 Å². The Bertz CT molecular complexity index is 404. The molecule has 1 amide bonds. The molecule has 0 radical (unpaired) electrons. The fourth-order valence-corrected chi connectivity index (χ4v) is 2.21. The molecule has 0 atom stereocenters. The van der Waals surface area contributed by atoms with Crippen LogP contribution in [0.15, 0.2) is 18.2 Å². The molecule has 1 aromatic carbocycles. The summed E-state index contributed by atoms with van der Waals surface area (Å²) in [5, 5.41) is 2.65. The number of methoxy groups -OCH3 is 1. The van der Waals surface area contributed by atoms with E-state index >= 15 is 0 Å². The van der Waals surface area contributed by atoms with E-state index in [2.05, 4.69) is 16.3 Å². The van der Waals surface area contributed by atoms with Crippen LogP contribution in [-0.4, -0.2) is 38.1 Å². The van der Waals surface area contributed by atoms with Gasteiger partial charge in [-0.25, -0.2) is 0 Å². The van der Waals surface area contributed by atoms with E-state index in [0.717, 1.165) is 25.3 Å². The third kappa shape index (κ3) is 2.58. The average molecular weight is 234 g/mol. The second-order valence-electron chi connectivity index (χ2n) is 4.23. The molecule has 2 rings (SSSR count). The fourth-order valence-electron chi connectivity index (χ4n) is 2.21. The van der Waals surface area contributed by atoms with Crippen LogP contribution in [0.5, 0.6) is 5.75 Å². The Kier molecular flexibility index (Phi) is 3.64. The largest absolute Gasteiger partial charge is 0.496 e. The Morgan fingerprint density at radius 2 is 2.35 bits per heavy atom. The zero-order valence-corrected chi connectivity index (χ0v) is 10.3. The van der Waals surface area contributed by atoms with Crippen molar-refractivity contribution < 1.29 is 9.53 Å². The Hall–Kier alpha value is -1.55. The van der Waals surface area contributed by atoms with E-state index in [1.165, 1.54) is 11.1 Å². The minimum Gasteiger partial charge on any atom is -0.496 e. The number of rotatable bonds is 3. The number of benzene rings is 1. The molecule has 1 aromatic rings. The lowest BCUT2D eigenvalue weighted by Crippen LogP contribution is -2.38. The van der Waals surface area contributed by atoms with Crippen LogP contribution in [-0.2, 0) is 17.8 Å². The van der Waals surface area contributed by atoms with Gasteiger partial charge in [0.2, 0.25) is 5.91 Å². The first-order valence-corrected chi connectivity index (χ1v) is 5.82. The van der Waals surface area contributed by atoms with Gasteiger partial charge in [0.05, 0.1) is 13.7 Å². The van der Waals surface area contributed by atoms with Gasteiger partial charge in [-0.2, -0.15) is 0 Å². The summed E-state index contributed by atoms with van der Waals surface area (Å²) in [6, 6.07) is 6.13. The van der Waals surface area contributed by atoms with E-state index in [9.17, 15) is 4.79 Å². The van der Waals surface area contributed by atoms with E-state index in [1.54, 1.807) is 14.2 Å². The van der Waals surface area contributed by atoms with Crippen molar-refractivity contribution in [3.05, 3.63) is 29.3 Å². The van der Waals surface area contributed by atoms with Crippen molar-refractivity contribution in [1.82, 2.24) is 10.2 Å². The summed E-state index contributed by atoms with van der Waals surface area (Å²) in [5.41, 5.74) is 2.54. The van der Waals surface area contributed by atoms with Gasteiger partial charge < -0.3 is 10.1 Å². The van der Waals surface area contributed by atoms with Crippen LogP contribution in [0.3, 0.4) is 0 Å². The van der Waals surface area contributed by atoms with Crippen molar-refractivity contribution in [2.75, 3.05) is 27.2 Å². The lowest BCUT2D eigenvalue weighted by molar-refractivity contribution is -0.121. The second-order valence-corrected chi connectivity index (χ2v) is 4.23. The van der Waals surface area contributed by atoms with Gasteiger partial charge in [0, 0.05) is 25.7 Å². The van der Waals surface area contributed by atoms with Crippen molar-refractivity contribution >= 4 is 5.91 Å². The standard InChI is InChI=1S/C13H18N2O2/c1-14-13(16)9-15-7-6-10-4-3-5-12(17-2)11(10)8-15/h3-5H,6-9H2,1-2H3,(H,14,16). The molecule has 1 heterocycles. The van der Waals surface area contributed by atoms with Crippen molar-refractivity contribution in [1.29, 1.82) is 0 Å². The van der Waals surface area contributed by atoms with Crippen LogP contribution in [0.1, 0.15) is 11.1 Å². The zero-order valence-electron chi connectivity index (χ0n) is 10.3. The zero-order chi connectivity index (χ0) is 12.3. The molecule has 17 heavy (non-hydrogen) atoms. The average Bonchev–Trinajstić information content (AvgIpc) is 2.37. The predicted molar refractivity (Wildman–Crippen MR) is 66.0 cm³/mol. The molecule has 1 aliphatic heterocycles. The maximum absolute atomic E-state index is 11.4. The van der Waals surface area contributed by atoms with E-state index in [4.69, 9.17) is 4.74 Å². The quantitative estimate of drug-likeness (QED) is 0.841. The van der Waals surface area contributed by atoms with Crippen LogP contribution in [0, 0.1) is 0 Å². The molecule has 0 fully saturated rings. The number of nitrogens with one attached hydrogen (secondary N) is 1. The van der Waals surface area contributed by atoms with Gasteiger partial charge in [-0.05, 0) is 18.1 Å². The van der Waals surface area contributed by atoms with Gasteiger partial charge in [-0.3, -0.25) is 9.69 Å². The minimum atomic E-state index is 0.0587. The lowest BCUT2D eigenvalue weighted by atomic mass is 9.99. The third-order valence-electron chi connectivity index (χ3n) is 3.18. The third-order valence-corrected chi connectivity index (χ3v) is 3.18. The molecule has 0 spiro atoms. The first-order chi connectivity index (χ1) is 8.24. The van der Waals surface area contributed by atoms with Crippen LogP contribution in [0.25, 0.3) is 0 Å². The predicted octanol–water partition coefficient (Wildman–Crippen LogP) is 0.799. The Balaban J connectivity index is 2.14. The molecule has 0 unspecified atom stereocenters. The monoisotopic (exact) mass is 234 g/mol. The molecule has 4 nitrogen and oxygen atoms in total. The number of carbonyl (C=O) groups is 1. The van der Waals surface area contributed by atoms with Crippen LogP contribution in [0.4, 0.5) is 0 Å². The number of nitrogens with zero attached hydrogens (tertiary/aromatic N) is 1. The number of hydrogen-bond acceptors (Lipinski definition) is 3. The van der Waals surface area contributed by atoms with Gasteiger partial charge in [0.1, 0.15) is 5.75 Å². The van der Waals surface area contributed by atoms with Crippen molar-refractivity contribution in [3.63, 3.8) is 0 Å². The Morgan fingerprint density at radius 1 is 1.53 bits per heavy atom. The van der Waals surface area contributed by atoms with E-state index in [0.29, 0.717) is 6.54 Å². The molecule has 0 aliphatic carbocycles. The smallest absolute Gasteiger partial charge is 0.233 e. The molecule has 0 aromatic heterocycles. The van der Waals surface area contributed by atoms with Crippen molar-refractivity contribution in [2.45, 2.75) is 13.0 Å². The molecule has 1 aliphatic rings. The first-order valence-electron chi connectivity index (χ1n) is 5.82. The Morgan fingerprint density at radius 3 is 3.06 bits per heavy atom. The van der Waals surface area contributed by atoms with Crippen LogP contribution >= 0.6 is 0 Å². The van der Waals surface area contributed by atoms with Gasteiger partial charge >= 0.3 is 0 Å². The fraction of sp³-hybridized carbons (Fsp3) is 0.462. The van der Waals surface area contributed by atoms with Crippen LogP contribution in [0.2, 0.25) is 0 Å².